The van der Waals surface area contributed by atoms with Gasteiger partial charge in [-0.25, -0.2) is 0 Å². The molecular weight excluding hydrogens is 704 g/mol. The van der Waals surface area contributed by atoms with Gasteiger partial charge in [0.15, 0.2) is 0 Å². The number of carboxylic acid groups (broad SMARTS) is 2. The van der Waals surface area contributed by atoms with E-state index < -0.39 is 18.4 Å². The first-order chi connectivity index (χ1) is 21.6. The molecule has 0 atom stereocenters. The third-order valence-electron chi connectivity index (χ3n) is 6.83. The molecule has 0 saturated carbocycles. The molecule has 0 spiro atoms. The summed E-state index contributed by atoms with van der Waals surface area (Å²) in [5, 5.41) is 15.4. The van der Waals surface area contributed by atoms with Gasteiger partial charge in [-0.1, -0.05) is 60.7 Å². The van der Waals surface area contributed by atoms with Crippen LogP contribution >= 0.6 is 31.9 Å². The molecule has 6 N–H and O–H groups in total. The van der Waals surface area contributed by atoms with E-state index in [9.17, 15) is 9.59 Å². The fourth-order valence-electron chi connectivity index (χ4n) is 4.62. The topological polar surface area (TPSA) is 161 Å². The number of carboxylic acids is 2. The van der Waals surface area contributed by atoms with Crippen LogP contribution < -0.4 is 11.5 Å². The number of nitrogens with two attached hydrogens (primary N) is 2. The number of rotatable bonds is 8. The van der Waals surface area contributed by atoms with Crippen molar-refractivity contribution in [1.29, 1.82) is 0 Å². The standard InChI is InChI=1S/2C15H14BrN3.C3H4O4/c2*16-12-10-14-13(18-8-9-19(14)15(12)17)7-6-11-4-2-1-3-5-11;4-2(5)1-3(6)7/h2*1-5,8-10H,6-7,17H2;1H2,(H,4,5)(H,6,7). The normalized spacial score (nSPS) is 10.5. The molecule has 0 unspecified atom stereocenters. The Balaban J connectivity index is 0.000000170. The predicted octanol–water partition coefficient (Wildman–Crippen LogP) is 6.47. The molecular formula is C33H32Br2N6O4. The molecule has 4 heterocycles. The summed E-state index contributed by atoms with van der Waals surface area (Å²) < 4.78 is 5.78. The molecule has 6 rings (SSSR count). The van der Waals surface area contributed by atoms with E-state index in [1.165, 1.54) is 11.1 Å². The SMILES string of the molecule is Nc1c(Br)cc2c(CCc3ccccc3)nccn12.Nc1c(Br)cc2c(CCc3ccccc3)nccn12.O=C(O)CC(=O)O. The first-order valence-corrected chi connectivity index (χ1v) is 15.5. The van der Waals surface area contributed by atoms with Gasteiger partial charge in [-0.2, -0.15) is 0 Å². The molecule has 0 radical (unpaired) electrons. The monoisotopic (exact) mass is 734 g/mol. The molecule has 0 aliphatic heterocycles. The van der Waals surface area contributed by atoms with E-state index in [-0.39, 0.29) is 0 Å². The van der Waals surface area contributed by atoms with Gasteiger partial charge >= 0.3 is 11.9 Å². The zero-order valence-corrected chi connectivity index (χ0v) is 27.4. The quantitative estimate of drug-likeness (QED) is 0.129. The van der Waals surface area contributed by atoms with Crippen molar-refractivity contribution >= 4 is 66.5 Å². The number of aliphatic carboxylic acids is 2. The number of anilines is 2. The highest BCUT2D eigenvalue weighted by Crippen LogP contribution is 2.27. The van der Waals surface area contributed by atoms with Crippen LogP contribution in [0.25, 0.3) is 11.0 Å². The van der Waals surface area contributed by atoms with Gasteiger partial charge in [0.05, 0.1) is 31.4 Å². The van der Waals surface area contributed by atoms with Crippen molar-refractivity contribution in [3.8, 4) is 0 Å². The Morgan fingerprint density at radius 3 is 1.36 bits per heavy atom. The highest BCUT2D eigenvalue weighted by molar-refractivity contribution is 9.11. The van der Waals surface area contributed by atoms with Crippen LogP contribution in [0.5, 0.6) is 0 Å². The molecule has 232 valence electrons. The summed E-state index contributed by atoms with van der Waals surface area (Å²) in [7, 11) is 0. The third kappa shape index (κ3) is 9.16. The lowest BCUT2D eigenvalue weighted by Gasteiger charge is -2.04. The average Bonchev–Trinajstić information content (AvgIpc) is 3.50. The van der Waals surface area contributed by atoms with E-state index in [0.29, 0.717) is 0 Å². The molecule has 0 fully saturated rings. The lowest BCUT2D eigenvalue weighted by molar-refractivity contribution is -0.147. The van der Waals surface area contributed by atoms with Crippen molar-refractivity contribution < 1.29 is 19.8 Å². The van der Waals surface area contributed by atoms with Gasteiger partial charge in [0.2, 0.25) is 0 Å². The third-order valence-corrected chi connectivity index (χ3v) is 8.10. The Morgan fingerprint density at radius 1 is 0.644 bits per heavy atom. The highest BCUT2D eigenvalue weighted by atomic mass is 79.9. The second-order valence-corrected chi connectivity index (χ2v) is 11.7. The smallest absolute Gasteiger partial charge is 0.314 e. The maximum atomic E-state index is 9.43. The molecule has 6 aromatic rings. The first-order valence-electron chi connectivity index (χ1n) is 13.9. The van der Waals surface area contributed by atoms with Crippen molar-refractivity contribution in [1.82, 2.24) is 18.8 Å². The number of aryl methyl sites for hydroxylation is 4. The zero-order valence-electron chi connectivity index (χ0n) is 24.2. The number of fused-ring (bicyclic) bond motifs is 2. The number of aromatic nitrogens is 4. The minimum absolute atomic E-state index is 0.721. The van der Waals surface area contributed by atoms with Crippen molar-refractivity contribution in [3.05, 3.63) is 129 Å². The van der Waals surface area contributed by atoms with Gasteiger partial charge < -0.3 is 21.7 Å². The number of halogens is 2. The van der Waals surface area contributed by atoms with Crippen LogP contribution in [0.15, 0.2) is 107 Å². The average molecular weight is 736 g/mol. The summed E-state index contributed by atoms with van der Waals surface area (Å²) in [6, 6.07) is 25.0. The summed E-state index contributed by atoms with van der Waals surface area (Å²) in [5.74, 6) is -1.18. The summed E-state index contributed by atoms with van der Waals surface area (Å²) in [6.45, 7) is 0. The van der Waals surface area contributed by atoms with Gasteiger partial charge in [-0.05, 0) is 80.8 Å². The van der Waals surface area contributed by atoms with E-state index in [1.807, 2.05) is 45.5 Å². The largest absolute Gasteiger partial charge is 0.481 e. The van der Waals surface area contributed by atoms with Crippen molar-refractivity contribution in [2.75, 3.05) is 11.5 Å². The maximum Gasteiger partial charge on any atom is 0.314 e. The first kappa shape index (κ1) is 33.2. The second-order valence-electron chi connectivity index (χ2n) is 9.95. The highest BCUT2D eigenvalue weighted by Gasteiger charge is 2.10. The summed E-state index contributed by atoms with van der Waals surface area (Å²) in [6.07, 6.45) is 10.4. The molecule has 0 aliphatic carbocycles. The van der Waals surface area contributed by atoms with Crippen molar-refractivity contribution in [2.24, 2.45) is 0 Å². The Hall–Kier alpha value is -4.68. The minimum Gasteiger partial charge on any atom is -0.481 e. The predicted molar refractivity (Wildman–Crippen MR) is 182 cm³/mol. The molecule has 45 heavy (non-hydrogen) atoms. The molecule has 0 aliphatic rings. The van der Waals surface area contributed by atoms with Crippen LogP contribution in [0, 0.1) is 0 Å². The Labute approximate surface area is 276 Å². The molecule has 0 bridgehead atoms. The van der Waals surface area contributed by atoms with E-state index in [2.05, 4.69) is 90.4 Å². The number of carbonyl (C=O) groups is 2. The van der Waals surface area contributed by atoms with Crippen LogP contribution in [0.1, 0.15) is 28.9 Å². The molecule has 10 nitrogen and oxygen atoms in total. The van der Waals surface area contributed by atoms with Crippen LogP contribution in [0.2, 0.25) is 0 Å². The van der Waals surface area contributed by atoms with Gasteiger partial charge in [0, 0.05) is 24.8 Å². The van der Waals surface area contributed by atoms with E-state index in [4.69, 9.17) is 21.7 Å². The molecule has 0 saturated heterocycles. The van der Waals surface area contributed by atoms with Crippen molar-refractivity contribution in [2.45, 2.75) is 32.1 Å². The number of hydrogen-bond donors (Lipinski definition) is 4. The van der Waals surface area contributed by atoms with E-state index in [0.717, 1.165) is 68.7 Å². The van der Waals surface area contributed by atoms with Gasteiger partial charge in [0.1, 0.15) is 18.1 Å². The molecule has 12 heteroatoms. The Morgan fingerprint density at radius 2 is 1.02 bits per heavy atom. The van der Waals surface area contributed by atoms with Crippen LogP contribution in [0.3, 0.4) is 0 Å². The van der Waals surface area contributed by atoms with Gasteiger partial charge in [0.25, 0.3) is 0 Å². The van der Waals surface area contributed by atoms with E-state index >= 15 is 0 Å². The lowest BCUT2D eigenvalue weighted by atomic mass is 10.1. The van der Waals surface area contributed by atoms with E-state index in [1.54, 1.807) is 12.4 Å². The molecule has 2 aromatic carbocycles. The second kappa shape index (κ2) is 15.9. The number of nitrogens with zero attached hydrogens (tertiary/aromatic N) is 4. The molecule has 4 aromatic heterocycles. The zero-order chi connectivity index (χ0) is 32.3. The Bertz CT molecular complexity index is 1750. The van der Waals surface area contributed by atoms with Crippen LogP contribution in [-0.4, -0.2) is 40.9 Å². The fourth-order valence-corrected chi connectivity index (χ4v) is 5.44. The number of hydrogen-bond acceptors (Lipinski definition) is 6. The summed E-state index contributed by atoms with van der Waals surface area (Å²) >= 11 is 6.93. The summed E-state index contributed by atoms with van der Waals surface area (Å²) in [4.78, 5) is 27.8. The van der Waals surface area contributed by atoms with Crippen molar-refractivity contribution in [3.63, 3.8) is 0 Å². The minimum atomic E-state index is -1.31. The molecule has 0 amide bonds. The maximum absolute atomic E-state index is 9.43. The van der Waals surface area contributed by atoms with Crippen LogP contribution in [-0.2, 0) is 35.3 Å². The van der Waals surface area contributed by atoms with Gasteiger partial charge in [-0.3, -0.25) is 28.4 Å². The number of benzene rings is 2. The number of nitrogen functional groups attached to an aromatic ring is 2. The lowest BCUT2D eigenvalue weighted by Crippen LogP contribution is -2.03. The van der Waals surface area contributed by atoms with Crippen LogP contribution in [0.4, 0.5) is 11.6 Å². The summed E-state index contributed by atoms with van der Waals surface area (Å²) in [5.41, 5.74) is 18.9. The Kier molecular flexibility index (Phi) is 11.7. The fraction of sp³-hybridized carbons (Fsp3) is 0.152. The van der Waals surface area contributed by atoms with Gasteiger partial charge in [-0.15, -0.1) is 0 Å².